The number of benzene rings is 11. The number of nitrogen functional groups attached to an aromatic ring is 1. The third kappa shape index (κ3) is 21.8. The van der Waals surface area contributed by atoms with Gasteiger partial charge in [0.05, 0.1) is 27.5 Å². The van der Waals surface area contributed by atoms with Gasteiger partial charge in [-0.15, -0.1) is 0 Å². The number of ether oxygens (including phenoxy) is 5. The number of aryl methyl sites for hydroxylation is 1. The summed E-state index contributed by atoms with van der Waals surface area (Å²) in [5, 5.41) is 6.83. The largest absolute Gasteiger partial charge is 0.448 e. The lowest BCUT2D eigenvalue weighted by atomic mass is 9.98. The minimum absolute atomic E-state index is 0. The number of carbonyl (C=O) groups is 7. The molecule has 0 spiro atoms. The monoisotopic (exact) mass is 2010 g/mol. The van der Waals surface area contributed by atoms with E-state index in [-0.39, 0.29) is 85.8 Å². The van der Waals surface area contributed by atoms with Gasteiger partial charge in [0.25, 0.3) is 17.6 Å². The molecule has 8 aliphatic rings. The number of carbonyl (C=O) groups excluding carboxylic acids is 7. The highest BCUT2D eigenvalue weighted by molar-refractivity contribution is 9.11. The second-order valence-electron chi connectivity index (χ2n) is 33.5. The van der Waals surface area contributed by atoms with Gasteiger partial charge in [-0.2, -0.15) is 0 Å². The van der Waals surface area contributed by atoms with E-state index in [4.69, 9.17) is 34.6 Å². The molecule has 13 aromatic rings. The summed E-state index contributed by atoms with van der Waals surface area (Å²) < 4.78 is 33.7. The Morgan fingerprint density at radius 3 is 1.07 bits per heavy atom. The molecule has 2 fully saturated rings. The molecule has 6 amide bonds. The van der Waals surface area contributed by atoms with Crippen LogP contribution in [-0.2, 0) is 59.3 Å². The lowest BCUT2D eigenvalue weighted by molar-refractivity contribution is -0.122. The van der Waals surface area contributed by atoms with Crippen LogP contribution in [0.2, 0.25) is 0 Å². The number of anilines is 1. The first kappa shape index (κ1) is 96.0. The standard InChI is InChI=1S/2C28H24BrN3O3.2C21H22N2O3.C7H6BrNO2.2CH4/c29-18-10-11-23-25(16-18)30-26-12-15-31(13-5-14-32(26)27(23)33)28(34)35-17-24-21-8-3-1-6-19(21)20-7-2-4-9-22(20)24;29-18-11-12-23-25(16-18)30-26-10-5-13-31(14-15-32(26)27(23)33)28(34)35-17-24-21-8-3-1-6-19(21)20-7-2-4-9-22(20)24;24-20-10-13-23(12-5-11-22-20)21(25)26-14-19-17-8-3-1-6-15(17)16-7-2-4-9-18(16)19;24-20-10-5-12-23(13-11-22-20)21(25)26-14-19-17-8-3-1-6-15(17)16-7-2-4-9-18(16)19;8-5-1-2-7(11-4-10)6(9)3-5;;/h1-4,6-11,16,24H,5,12-15,17H2;1-4,6-9,11-12,16,24H,5,10,13-15,17H2;2*1-4,6-9,19H,5,10-14H2,(H,22,24);1-4H,9H2;2*1H4. The van der Waals surface area contributed by atoms with Crippen molar-refractivity contribution in [3.8, 4) is 50.3 Å². The predicted octanol–water partition coefficient (Wildman–Crippen LogP) is 19.8. The van der Waals surface area contributed by atoms with Crippen molar-refractivity contribution in [3.05, 3.63) is 339 Å². The van der Waals surface area contributed by atoms with Gasteiger partial charge in [0.2, 0.25) is 11.8 Å². The van der Waals surface area contributed by atoms with Crippen molar-refractivity contribution in [2.24, 2.45) is 0 Å². The number of amides is 6. The molecule has 0 atom stereocenters. The molecule has 4 N–H and O–H groups in total. The van der Waals surface area contributed by atoms with Crippen LogP contribution in [0.15, 0.2) is 272 Å². The van der Waals surface area contributed by atoms with Crippen LogP contribution >= 0.6 is 47.8 Å². The van der Waals surface area contributed by atoms with Gasteiger partial charge in [-0.1, -0.05) is 257 Å². The summed E-state index contributed by atoms with van der Waals surface area (Å²) in [4.78, 5) is 127. The number of hydrogen-bond donors (Lipinski definition) is 3. The molecule has 28 heteroatoms. The van der Waals surface area contributed by atoms with Crippen LogP contribution in [0, 0.1) is 0 Å². The topological polar surface area (TPSA) is 298 Å². The highest BCUT2D eigenvalue weighted by Gasteiger charge is 2.36. The molecule has 0 saturated carbocycles. The molecule has 6 heterocycles. The van der Waals surface area contributed by atoms with Crippen LogP contribution in [0.4, 0.5) is 24.9 Å². The lowest BCUT2D eigenvalue weighted by Crippen LogP contribution is -2.42. The average molecular weight is 2010 g/mol. The minimum atomic E-state index is -0.332. The van der Waals surface area contributed by atoms with Gasteiger partial charge in [0.15, 0.2) is 5.75 Å². The molecule has 4 aliphatic carbocycles. The number of nitrogens with two attached hydrogens (primary N) is 1. The molecule has 0 bridgehead atoms. The molecule has 135 heavy (non-hydrogen) atoms. The van der Waals surface area contributed by atoms with Crippen LogP contribution in [0.25, 0.3) is 66.3 Å². The summed E-state index contributed by atoms with van der Waals surface area (Å²) in [7, 11) is 0. The van der Waals surface area contributed by atoms with E-state index >= 15 is 0 Å². The smallest absolute Gasteiger partial charge is 0.409 e. The summed E-state index contributed by atoms with van der Waals surface area (Å²) in [6.07, 6.45) is 3.42. The van der Waals surface area contributed by atoms with Gasteiger partial charge in [-0.3, -0.25) is 33.1 Å². The maximum absolute atomic E-state index is 13.1. The second-order valence-corrected chi connectivity index (χ2v) is 36.2. The summed E-state index contributed by atoms with van der Waals surface area (Å²) in [6.45, 7) is 7.64. The van der Waals surface area contributed by atoms with Crippen molar-refractivity contribution in [3.63, 3.8) is 0 Å². The molecule has 694 valence electrons. The first-order chi connectivity index (χ1) is 64.9. The second kappa shape index (κ2) is 44.5. The molecular weight excluding hydrogens is 1900 g/mol. The van der Waals surface area contributed by atoms with Gasteiger partial charge in [0, 0.05) is 141 Å². The SMILES string of the molecule is C.C.Nc1cc(Br)ccc1OC=O.O=C(OCC1c2ccccc2-c2ccccc21)N1CCCc2nc3cc(Br)ccc3c(=O)n2CC1.O=C(OCC1c2ccccc2-c2ccccc21)N1CCCn2c(nc3cc(Br)ccc3c2=O)CC1.O=C1CCCN(C(=O)OCC2c3ccccc3-c3ccccc32)CCN1.O=C1CCN(C(=O)OCC2c3ccccc3-c3ccccc32)CCCN1. The van der Waals surface area contributed by atoms with E-state index in [0.717, 1.165) is 32.1 Å². The van der Waals surface area contributed by atoms with Crippen LogP contribution in [0.1, 0.15) is 133 Å². The van der Waals surface area contributed by atoms with Gasteiger partial charge in [-0.05, 0) is 169 Å². The molecule has 4 aliphatic heterocycles. The van der Waals surface area contributed by atoms with E-state index < -0.39 is 0 Å². The lowest BCUT2D eigenvalue weighted by Gasteiger charge is -2.26. The number of nitrogens with one attached hydrogen (secondary N) is 2. The van der Waals surface area contributed by atoms with Crippen molar-refractivity contribution < 1.29 is 57.2 Å². The number of fused-ring (bicyclic) bond motifs is 16. The van der Waals surface area contributed by atoms with Crippen molar-refractivity contribution >= 4 is 118 Å². The Bertz CT molecular complexity index is 6510. The van der Waals surface area contributed by atoms with Crippen molar-refractivity contribution in [2.75, 3.05) is 97.6 Å². The van der Waals surface area contributed by atoms with Crippen LogP contribution in [0.5, 0.6) is 5.75 Å². The molecule has 11 aromatic carbocycles. The first-order valence-electron chi connectivity index (χ1n) is 44.9. The van der Waals surface area contributed by atoms with Gasteiger partial charge < -0.3 is 59.7 Å². The van der Waals surface area contributed by atoms with Gasteiger partial charge in [0.1, 0.15) is 38.1 Å². The van der Waals surface area contributed by atoms with Crippen LogP contribution < -0.4 is 32.2 Å². The Hall–Kier alpha value is -13.6. The van der Waals surface area contributed by atoms with E-state index in [1.165, 1.54) is 89.0 Å². The predicted molar refractivity (Wildman–Crippen MR) is 534 cm³/mol. The zero-order chi connectivity index (χ0) is 92.0. The molecule has 2 saturated heterocycles. The number of aromatic nitrogens is 4. The Kier molecular flexibility index (Phi) is 31.7. The molecule has 25 nitrogen and oxygen atoms in total. The summed E-state index contributed by atoms with van der Waals surface area (Å²) >= 11 is 10.1. The van der Waals surface area contributed by atoms with Crippen molar-refractivity contribution in [1.29, 1.82) is 0 Å². The van der Waals surface area contributed by atoms with E-state index in [1.807, 2.05) is 127 Å². The van der Waals surface area contributed by atoms with Crippen LogP contribution in [-0.4, -0.2) is 173 Å². The van der Waals surface area contributed by atoms with Crippen LogP contribution in [0.3, 0.4) is 0 Å². The quantitative estimate of drug-likeness (QED) is 0.0651. The zero-order valence-corrected chi connectivity index (χ0v) is 77.8. The number of nitrogens with zero attached hydrogens (tertiary/aromatic N) is 8. The maximum atomic E-state index is 13.1. The molecule has 21 rings (SSSR count). The van der Waals surface area contributed by atoms with Crippen molar-refractivity contribution in [1.82, 2.24) is 49.3 Å². The fourth-order valence-corrected chi connectivity index (χ4v) is 20.0. The highest BCUT2D eigenvalue weighted by atomic mass is 79.9. The summed E-state index contributed by atoms with van der Waals surface area (Å²) in [6, 6.07) is 82.5. The number of halogens is 3. The van der Waals surface area contributed by atoms with E-state index in [1.54, 1.807) is 53.0 Å². The Morgan fingerprint density at radius 1 is 0.348 bits per heavy atom. The summed E-state index contributed by atoms with van der Waals surface area (Å²) in [5.41, 5.74) is 26.5. The number of hydrogen-bond acceptors (Lipinski definition) is 17. The normalized spacial score (nSPS) is 15.1. The van der Waals surface area contributed by atoms with E-state index in [0.29, 0.717) is 189 Å². The highest BCUT2D eigenvalue weighted by Crippen LogP contribution is 2.49. The van der Waals surface area contributed by atoms with E-state index in [2.05, 4.69) is 160 Å². The Labute approximate surface area is 808 Å². The maximum Gasteiger partial charge on any atom is 0.409 e. The molecule has 0 radical (unpaired) electrons. The number of rotatable bonds is 10. The van der Waals surface area contributed by atoms with Crippen molar-refractivity contribution in [2.45, 2.75) is 103 Å². The van der Waals surface area contributed by atoms with E-state index in [9.17, 15) is 43.2 Å². The average Bonchev–Trinajstić information content (AvgIpc) is 1.66. The minimum Gasteiger partial charge on any atom is -0.448 e. The Morgan fingerprint density at radius 2 is 0.667 bits per heavy atom. The molecule has 0 unspecified atom stereocenters. The fourth-order valence-electron chi connectivity index (χ4n) is 18.9. The fraction of sp³-hybridized carbons (Fsp3) is 0.280. The third-order valence-electron chi connectivity index (χ3n) is 25.4. The molecule has 2 aromatic heterocycles. The Balaban J connectivity index is 0.000000132. The van der Waals surface area contributed by atoms with Gasteiger partial charge in [-0.25, -0.2) is 29.1 Å². The zero-order valence-electron chi connectivity index (χ0n) is 73.0. The summed E-state index contributed by atoms with van der Waals surface area (Å²) in [5.74, 6) is 2.09. The third-order valence-corrected chi connectivity index (χ3v) is 26.9. The first-order valence-corrected chi connectivity index (χ1v) is 47.3. The molecular formula is C107H106Br3N11O14. The van der Waals surface area contributed by atoms with Gasteiger partial charge >= 0.3 is 24.4 Å².